The van der Waals surface area contributed by atoms with E-state index in [1.54, 1.807) is 4.90 Å². The standard InChI is InChI=1S/C24H37F2N3O3/c1-17(2)29(23(31)32-24(3,4)5)15-18-8-7-13-28(14-18)16-22(30)27-12-11-19-20(25)9-6-10-21(19)26/h6,9-10,17-18H,7-8,11-16H2,1-5H3,(H,27,30). The van der Waals surface area contributed by atoms with Crippen molar-refractivity contribution < 1.29 is 23.1 Å². The summed E-state index contributed by atoms with van der Waals surface area (Å²) < 4.78 is 33.0. The number of likely N-dealkylation sites (tertiary alicyclic amines) is 1. The molecule has 1 atom stereocenters. The van der Waals surface area contributed by atoms with Gasteiger partial charge in [-0.25, -0.2) is 13.6 Å². The van der Waals surface area contributed by atoms with E-state index in [-0.39, 0.29) is 49.0 Å². The predicted octanol–water partition coefficient (Wildman–Crippen LogP) is 3.98. The van der Waals surface area contributed by atoms with Crippen molar-refractivity contribution in [3.8, 4) is 0 Å². The minimum atomic E-state index is -0.599. The predicted molar refractivity (Wildman–Crippen MR) is 120 cm³/mol. The number of amides is 2. The smallest absolute Gasteiger partial charge is 0.410 e. The van der Waals surface area contributed by atoms with Crippen LogP contribution in [0.25, 0.3) is 0 Å². The van der Waals surface area contributed by atoms with E-state index < -0.39 is 17.2 Å². The summed E-state index contributed by atoms with van der Waals surface area (Å²) >= 11 is 0. The van der Waals surface area contributed by atoms with Gasteiger partial charge in [0, 0.05) is 31.2 Å². The number of rotatable bonds is 8. The van der Waals surface area contributed by atoms with Gasteiger partial charge in [-0.1, -0.05) is 6.07 Å². The van der Waals surface area contributed by atoms with Crippen LogP contribution in [-0.4, -0.2) is 66.2 Å². The molecule has 2 rings (SSSR count). The second-order valence-corrected chi connectivity index (χ2v) is 9.77. The summed E-state index contributed by atoms with van der Waals surface area (Å²) in [6.45, 7) is 12.0. The highest BCUT2D eigenvalue weighted by atomic mass is 19.1. The van der Waals surface area contributed by atoms with Crippen LogP contribution in [0.1, 0.15) is 53.0 Å². The van der Waals surface area contributed by atoms with E-state index in [9.17, 15) is 18.4 Å². The number of halogens is 2. The Morgan fingerprint density at radius 1 is 1.25 bits per heavy atom. The van der Waals surface area contributed by atoms with Gasteiger partial charge in [-0.05, 0) is 78.5 Å². The summed E-state index contributed by atoms with van der Waals surface area (Å²) in [7, 11) is 0. The van der Waals surface area contributed by atoms with Crippen molar-refractivity contribution in [3.63, 3.8) is 0 Å². The molecule has 0 aromatic heterocycles. The Morgan fingerprint density at radius 2 is 1.91 bits per heavy atom. The Hall–Kier alpha value is -2.22. The number of ether oxygens (including phenoxy) is 1. The second-order valence-electron chi connectivity index (χ2n) is 9.77. The molecule has 1 saturated heterocycles. The van der Waals surface area contributed by atoms with Crippen LogP contribution in [0, 0.1) is 17.6 Å². The van der Waals surface area contributed by atoms with Crippen LogP contribution in [0.15, 0.2) is 18.2 Å². The van der Waals surface area contributed by atoms with E-state index in [2.05, 4.69) is 10.2 Å². The third-order valence-electron chi connectivity index (χ3n) is 5.44. The van der Waals surface area contributed by atoms with Crippen LogP contribution in [0.3, 0.4) is 0 Å². The Bertz CT molecular complexity index is 760. The van der Waals surface area contributed by atoms with Gasteiger partial charge in [-0.2, -0.15) is 0 Å². The maximum Gasteiger partial charge on any atom is 0.410 e. The fourth-order valence-corrected chi connectivity index (χ4v) is 3.90. The molecule has 1 aromatic rings. The Kier molecular flexibility index (Phi) is 9.43. The van der Waals surface area contributed by atoms with Gasteiger partial charge >= 0.3 is 6.09 Å². The van der Waals surface area contributed by atoms with Gasteiger partial charge in [0.15, 0.2) is 0 Å². The van der Waals surface area contributed by atoms with Crippen molar-refractivity contribution in [3.05, 3.63) is 35.4 Å². The summed E-state index contributed by atoms with van der Waals surface area (Å²) in [6.07, 6.45) is 1.71. The minimum Gasteiger partial charge on any atom is -0.444 e. The number of piperidine rings is 1. The average molecular weight is 454 g/mol. The maximum atomic E-state index is 13.7. The number of carbonyl (C=O) groups is 2. The Morgan fingerprint density at radius 3 is 2.50 bits per heavy atom. The number of carbonyl (C=O) groups excluding carboxylic acids is 2. The molecule has 2 amide bonds. The molecule has 8 heteroatoms. The fraction of sp³-hybridized carbons (Fsp3) is 0.667. The van der Waals surface area contributed by atoms with Crippen LogP contribution in [0.5, 0.6) is 0 Å². The van der Waals surface area contributed by atoms with E-state index >= 15 is 0 Å². The molecular formula is C24H37F2N3O3. The van der Waals surface area contributed by atoms with Crippen LogP contribution >= 0.6 is 0 Å². The van der Waals surface area contributed by atoms with Crippen molar-refractivity contribution in [1.29, 1.82) is 0 Å². The lowest BCUT2D eigenvalue weighted by atomic mass is 9.97. The first-order chi connectivity index (χ1) is 15.0. The van der Waals surface area contributed by atoms with Gasteiger partial charge in [0.05, 0.1) is 6.54 Å². The molecular weight excluding hydrogens is 416 g/mol. The molecule has 0 aliphatic carbocycles. The highest BCUT2D eigenvalue weighted by Crippen LogP contribution is 2.20. The zero-order valence-corrected chi connectivity index (χ0v) is 19.9. The van der Waals surface area contributed by atoms with Crippen molar-refractivity contribution in [2.24, 2.45) is 5.92 Å². The molecule has 1 aromatic carbocycles. The first kappa shape index (κ1) is 26.0. The molecule has 32 heavy (non-hydrogen) atoms. The van der Waals surface area contributed by atoms with Crippen molar-refractivity contribution in [1.82, 2.24) is 15.1 Å². The maximum absolute atomic E-state index is 13.7. The first-order valence-corrected chi connectivity index (χ1v) is 11.4. The number of hydrogen-bond acceptors (Lipinski definition) is 4. The zero-order valence-electron chi connectivity index (χ0n) is 19.9. The van der Waals surface area contributed by atoms with Gasteiger partial charge in [-0.3, -0.25) is 9.69 Å². The van der Waals surface area contributed by atoms with Crippen molar-refractivity contribution >= 4 is 12.0 Å². The molecule has 0 radical (unpaired) electrons. The van der Waals surface area contributed by atoms with Gasteiger partial charge in [0.2, 0.25) is 5.91 Å². The van der Waals surface area contributed by atoms with Crippen LogP contribution in [0.2, 0.25) is 0 Å². The largest absolute Gasteiger partial charge is 0.444 e. The molecule has 1 heterocycles. The molecule has 1 unspecified atom stereocenters. The molecule has 180 valence electrons. The zero-order chi connectivity index (χ0) is 23.9. The van der Waals surface area contributed by atoms with Gasteiger partial charge in [0.25, 0.3) is 0 Å². The fourth-order valence-electron chi connectivity index (χ4n) is 3.90. The van der Waals surface area contributed by atoms with E-state index in [1.165, 1.54) is 18.2 Å². The molecule has 0 saturated carbocycles. The number of nitrogens with one attached hydrogen (secondary N) is 1. The second kappa shape index (κ2) is 11.6. The number of hydrogen-bond donors (Lipinski definition) is 1. The van der Waals surface area contributed by atoms with Gasteiger partial charge in [-0.15, -0.1) is 0 Å². The SMILES string of the molecule is CC(C)N(CC1CCCN(CC(=O)NCCc2c(F)cccc2F)C1)C(=O)OC(C)(C)C. The van der Waals surface area contributed by atoms with E-state index in [4.69, 9.17) is 4.74 Å². The highest BCUT2D eigenvalue weighted by molar-refractivity contribution is 5.78. The lowest BCUT2D eigenvalue weighted by Gasteiger charge is -2.37. The first-order valence-electron chi connectivity index (χ1n) is 11.4. The monoisotopic (exact) mass is 453 g/mol. The molecule has 1 N–H and O–H groups in total. The Balaban J connectivity index is 1.82. The summed E-state index contributed by atoms with van der Waals surface area (Å²) in [6, 6.07) is 3.77. The van der Waals surface area contributed by atoms with Gasteiger partial charge in [0.1, 0.15) is 17.2 Å². The topological polar surface area (TPSA) is 61.9 Å². The van der Waals surface area contributed by atoms with Crippen LogP contribution in [0.4, 0.5) is 13.6 Å². The molecule has 6 nitrogen and oxygen atoms in total. The quantitative estimate of drug-likeness (QED) is 0.647. The Labute approximate surface area is 190 Å². The number of nitrogens with zero attached hydrogens (tertiary/aromatic N) is 2. The third-order valence-corrected chi connectivity index (χ3v) is 5.44. The van der Waals surface area contributed by atoms with E-state index in [1.807, 2.05) is 34.6 Å². The van der Waals surface area contributed by atoms with Crippen LogP contribution in [-0.2, 0) is 16.0 Å². The van der Waals surface area contributed by atoms with E-state index in [0.717, 1.165) is 19.4 Å². The molecule has 1 aliphatic rings. The normalized spacial score (nSPS) is 17.3. The van der Waals surface area contributed by atoms with Crippen molar-refractivity contribution in [2.45, 2.75) is 65.5 Å². The average Bonchev–Trinajstić information content (AvgIpc) is 2.67. The number of benzene rings is 1. The third kappa shape index (κ3) is 8.37. The van der Waals surface area contributed by atoms with Crippen molar-refractivity contribution in [2.75, 3.05) is 32.7 Å². The highest BCUT2D eigenvalue weighted by Gasteiger charge is 2.29. The summed E-state index contributed by atoms with van der Waals surface area (Å²) in [5.74, 6) is -1.12. The molecule has 1 aliphatic heterocycles. The van der Waals surface area contributed by atoms with E-state index in [0.29, 0.717) is 13.1 Å². The summed E-state index contributed by atoms with van der Waals surface area (Å²) in [5.41, 5.74) is -0.561. The molecule has 1 fully saturated rings. The lowest BCUT2D eigenvalue weighted by molar-refractivity contribution is -0.122. The summed E-state index contributed by atoms with van der Waals surface area (Å²) in [4.78, 5) is 28.8. The van der Waals surface area contributed by atoms with Crippen LogP contribution < -0.4 is 5.32 Å². The van der Waals surface area contributed by atoms with Gasteiger partial charge < -0.3 is 15.0 Å². The lowest BCUT2D eigenvalue weighted by Crippen LogP contribution is -2.48. The molecule has 0 bridgehead atoms. The minimum absolute atomic E-state index is 0.0123. The molecule has 0 spiro atoms. The summed E-state index contributed by atoms with van der Waals surface area (Å²) in [5, 5.41) is 2.75.